The molecule has 110 valence electrons. The van der Waals surface area contributed by atoms with Gasteiger partial charge in [-0.15, -0.1) is 10.2 Å². The summed E-state index contributed by atoms with van der Waals surface area (Å²) in [4.78, 5) is 24.7. The second-order valence-electron chi connectivity index (χ2n) is 4.65. The molecule has 0 saturated carbocycles. The number of primary amides is 1. The van der Waals surface area contributed by atoms with Gasteiger partial charge < -0.3 is 15.1 Å². The van der Waals surface area contributed by atoms with Crippen molar-refractivity contribution in [2.75, 3.05) is 18.4 Å². The summed E-state index contributed by atoms with van der Waals surface area (Å²) in [5.41, 5.74) is 5.24. The average Bonchev–Trinajstić information content (AvgIpc) is 3.19. The van der Waals surface area contributed by atoms with E-state index in [2.05, 4.69) is 15.5 Å². The quantitative estimate of drug-likeness (QED) is 0.882. The van der Waals surface area contributed by atoms with Gasteiger partial charge in [0.1, 0.15) is 0 Å². The number of carbonyl (C=O) groups excluding carboxylic acids is 2. The molecule has 1 aliphatic rings. The molecule has 0 bridgehead atoms. The van der Waals surface area contributed by atoms with Crippen molar-refractivity contribution in [3.63, 3.8) is 0 Å². The molecule has 0 unspecified atom stereocenters. The van der Waals surface area contributed by atoms with E-state index in [-0.39, 0.29) is 17.9 Å². The highest BCUT2D eigenvalue weighted by Crippen LogP contribution is 2.27. The number of aromatic nitrogens is 2. The molecule has 8 nitrogen and oxygen atoms in total. The summed E-state index contributed by atoms with van der Waals surface area (Å²) in [6, 6.07) is 3.22. The number of amides is 3. The molecule has 3 amide bonds. The molecule has 2 aromatic rings. The normalized spacial score (nSPS) is 17.9. The van der Waals surface area contributed by atoms with Crippen LogP contribution in [0.5, 0.6) is 0 Å². The van der Waals surface area contributed by atoms with Crippen molar-refractivity contribution in [2.24, 2.45) is 11.7 Å². The van der Waals surface area contributed by atoms with Gasteiger partial charge in [-0.25, -0.2) is 4.79 Å². The van der Waals surface area contributed by atoms with Gasteiger partial charge in [0.2, 0.25) is 11.0 Å². The first kappa shape index (κ1) is 13.6. The Bertz CT molecular complexity index is 654. The molecule has 3 N–H and O–H groups in total. The molecule has 9 heteroatoms. The Kier molecular flexibility index (Phi) is 3.57. The largest absolute Gasteiger partial charge is 0.462 e. The lowest BCUT2D eigenvalue weighted by molar-refractivity contribution is -0.121. The van der Waals surface area contributed by atoms with Crippen LogP contribution in [0.2, 0.25) is 0 Å². The van der Waals surface area contributed by atoms with Crippen LogP contribution in [0.25, 0.3) is 10.8 Å². The number of urea groups is 1. The maximum Gasteiger partial charge on any atom is 0.323 e. The predicted octanol–water partition coefficient (Wildman–Crippen LogP) is 1.14. The smallest absolute Gasteiger partial charge is 0.323 e. The molecule has 0 radical (unpaired) electrons. The third-order valence-electron chi connectivity index (χ3n) is 3.25. The summed E-state index contributed by atoms with van der Waals surface area (Å²) in [7, 11) is 0. The minimum absolute atomic E-state index is 0.274. The fourth-order valence-electron chi connectivity index (χ4n) is 2.12. The lowest BCUT2D eigenvalue weighted by atomic mass is 10.1. The first-order chi connectivity index (χ1) is 10.1. The van der Waals surface area contributed by atoms with E-state index in [1.54, 1.807) is 23.3 Å². The van der Waals surface area contributed by atoms with Crippen LogP contribution in [0.15, 0.2) is 22.8 Å². The molecule has 1 aliphatic heterocycles. The topological polar surface area (TPSA) is 114 Å². The van der Waals surface area contributed by atoms with E-state index in [9.17, 15) is 9.59 Å². The van der Waals surface area contributed by atoms with Crippen molar-refractivity contribution in [1.29, 1.82) is 0 Å². The van der Waals surface area contributed by atoms with Crippen LogP contribution in [0.3, 0.4) is 0 Å². The minimum atomic E-state index is -0.374. The van der Waals surface area contributed by atoms with E-state index in [1.165, 1.54) is 11.3 Å². The van der Waals surface area contributed by atoms with Crippen molar-refractivity contribution >= 4 is 28.4 Å². The van der Waals surface area contributed by atoms with Gasteiger partial charge in [0.05, 0.1) is 12.2 Å². The monoisotopic (exact) mass is 307 g/mol. The third kappa shape index (κ3) is 2.87. The third-order valence-corrected chi connectivity index (χ3v) is 4.10. The number of furan rings is 1. The van der Waals surface area contributed by atoms with E-state index in [0.29, 0.717) is 35.4 Å². The van der Waals surface area contributed by atoms with Crippen LogP contribution in [0.1, 0.15) is 6.42 Å². The van der Waals surface area contributed by atoms with Gasteiger partial charge in [-0.05, 0) is 18.6 Å². The van der Waals surface area contributed by atoms with E-state index in [1.807, 2.05) is 0 Å². The maximum atomic E-state index is 12.1. The fraction of sp³-hybridized carbons (Fsp3) is 0.333. The predicted molar refractivity (Wildman–Crippen MR) is 75.5 cm³/mol. The molecular formula is C12H13N5O3S. The highest BCUT2D eigenvalue weighted by atomic mass is 32.1. The molecule has 0 aromatic carbocycles. The highest BCUT2D eigenvalue weighted by Gasteiger charge is 2.30. The van der Waals surface area contributed by atoms with Gasteiger partial charge in [-0.3, -0.25) is 10.1 Å². The number of likely N-dealkylation sites (tertiary alicyclic amines) is 1. The Balaban J connectivity index is 1.62. The Labute approximate surface area is 123 Å². The Morgan fingerprint density at radius 1 is 1.48 bits per heavy atom. The summed E-state index contributed by atoms with van der Waals surface area (Å²) in [5.74, 6) is -0.0480. The number of nitrogens with two attached hydrogens (primary N) is 1. The zero-order valence-corrected chi connectivity index (χ0v) is 11.8. The van der Waals surface area contributed by atoms with Gasteiger partial charge >= 0.3 is 6.03 Å². The summed E-state index contributed by atoms with van der Waals surface area (Å²) < 4.78 is 5.21. The first-order valence-electron chi connectivity index (χ1n) is 6.36. The van der Waals surface area contributed by atoms with Crippen molar-refractivity contribution in [3.05, 3.63) is 18.4 Å². The van der Waals surface area contributed by atoms with Gasteiger partial charge in [0, 0.05) is 13.1 Å². The Hall–Kier alpha value is -2.42. The van der Waals surface area contributed by atoms with Crippen LogP contribution in [-0.4, -0.2) is 40.1 Å². The maximum absolute atomic E-state index is 12.1. The molecular weight excluding hydrogens is 294 g/mol. The van der Waals surface area contributed by atoms with Crippen LogP contribution in [-0.2, 0) is 4.79 Å². The van der Waals surface area contributed by atoms with E-state index in [4.69, 9.17) is 10.2 Å². The number of nitrogens with zero attached hydrogens (tertiary/aromatic N) is 3. The van der Waals surface area contributed by atoms with Crippen LogP contribution < -0.4 is 11.1 Å². The van der Waals surface area contributed by atoms with E-state index < -0.39 is 0 Å². The molecule has 3 heterocycles. The number of hydrogen-bond donors (Lipinski definition) is 2. The standard InChI is InChI=1S/C12H13N5O3S/c13-9(18)7-3-4-17(6-7)12(19)14-11-16-15-10(21-11)8-2-1-5-20-8/h1-2,5,7H,3-4,6H2,(H2,13,18)(H,14,16,19)/t7-/m0/s1. The van der Waals surface area contributed by atoms with Crippen LogP contribution in [0.4, 0.5) is 9.93 Å². The van der Waals surface area contributed by atoms with Crippen LogP contribution >= 0.6 is 11.3 Å². The fourth-order valence-corrected chi connectivity index (χ4v) is 2.82. The minimum Gasteiger partial charge on any atom is -0.462 e. The van der Waals surface area contributed by atoms with Crippen molar-refractivity contribution < 1.29 is 14.0 Å². The van der Waals surface area contributed by atoms with Crippen molar-refractivity contribution in [2.45, 2.75) is 6.42 Å². The molecule has 3 rings (SSSR count). The van der Waals surface area contributed by atoms with Gasteiger partial charge in [-0.2, -0.15) is 0 Å². The number of carbonyl (C=O) groups is 2. The zero-order chi connectivity index (χ0) is 14.8. The summed E-state index contributed by atoms with van der Waals surface area (Å²) >= 11 is 1.22. The average molecular weight is 307 g/mol. The molecule has 1 atom stereocenters. The summed E-state index contributed by atoms with van der Waals surface area (Å²) in [6.45, 7) is 0.842. The number of hydrogen-bond acceptors (Lipinski definition) is 6. The summed E-state index contributed by atoms with van der Waals surface area (Å²) in [6.07, 6.45) is 2.14. The Morgan fingerprint density at radius 3 is 3.00 bits per heavy atom. The highest BCUT2D eigenvalue weighted by molar-refractivity contribution is 7.18. The molecule has 0 spiro atoms. The lowest BCUT2D eigenvalue weighted by Crippen LogP contribution is -2.34. The lowest BCUT2D eigenvalue weighted by Gasteiger charge is -2.15. The SMILES string of the molecule is NC(=O)[C@H]1CCN(C(=O)Nc2nnc(-c3ccco3)s2)C1. The molecule has 0 aliphatic carbocycles. The van der Waals surface area contributed by atoms with Crippen molar-refractivity contribution in [1.82, 2.24) is 15.1 Å². The van der Waals surface area contributed by atoms with Gasteiger partial charge in [0.25, 0.3) is 0 Å². The zero-order valence-electron chi connectivity index (χ0n) is 11.0. The molecule has 2 aromatic heterocycles. The molecule has 1 fully saturated rings. The second-order valence-corrected chi connectivity index (χ2v) is 5.63. The molecule has 21 heavy (non-hydrogen) atoms. The van der Waals surface area contributed by atoms with Crippen LogP contribution in [0, 0.1) is 5.92 Å². The number of nitrogens with one attached hydrogen (secondary N) is 1. The van der Waals surface area contributed by atoms with E-state index in [0.717, 1.165) is 0 Å². The van der Waals surface area contributed by atoms with Crippen molar-refractivity contribution in [3.8, 4) is 10.8 Å². The first-order valence-corrected chi connectivity index (χ1v) is 7.18. The second kappa shape index (κ2) is 5.52. The van der Waals surface area contributed by atoms with Gasteiger partial charge in [-0.1, -0.05) is 11.3 Å². The number of rotatable bonds is 3. The van der Waals surface area contributed by atoms with Gasteiger partial charge in [0.15, 0.2) is 10.8 Å². The molecule has 1 saturated heterocycles. The van der Waals surface area contributed by atoms with E-state index >= 15 is 0 Å². The number of anilines is 1. The Morgan fingerprint density at radius 2 is 2.33 bits per heavy atom. The summed E-state index contributed by atoms with van der Waals surface area (Å²) in [5, 5.41) is 11.5.